The number of carbonyl (C=O) groups is 1. The van der Waals surface area contributed by atoms with Crippen molar-refractivity contribution in [3.05, 3.63) is 65.9 Å². The fourth-order valence-electron chi connectivity index (χ4n) is 3.42. The summed E-state index contributed by atoms with van der Waals surface area (Å²) in [4.78, 5) is 12.4. The molecule has 0 radical (unpaired) electrons. The summed E-state index contributed by atoms with van der Waals surface area (Å²) in [5.41, 5.74) is 2.91. The molecule has 0 fully saturated rings. The smallest absolute Gasteiger partial charge is 0.226 e. The number of fused-ring (bicyclic) bond motifs is 1. The van der Waals surface area contributed by atoms with Crippen molar-refractivity contribution in [1.29, 1.82) is 0 Å². The Morgan fingerprint density at radius 1 is 1.19 bits per heavy atom. The Bertz CT molecular complexity index is 963. The molecule has 2 aromatic carbocycles. The van der Waals surface area contributed by atoms with Crippen LogP contribution in [0.25, 0.3) is 5.69 Å². The van der Waals surface area contributed by atoms with Crippen LogP contribution in [0.15, 0.2) is 54.7 Å². The number of hydrogen-bond donors (Lipinski definition) is 1. The Kier molecular flexibility index (Phi) is 4.54. The molecule has 1 amide bonds. The molecule has 0 saturated heterocycles. The van der Waals surface area contributed by atoms with Crippen molar-refractivity contribution >= 4 is 11.7 Å². The van der Waals surface area contributed by atoms with E-state index in [2.05, 4.69) is 10.4 Å². The van der Waals surface area contributed by atoms with Gasteiger partial charge in [0.1, 0.15) is 17.3 Å². The Morgan fingerprint density at radius 2 is 2.00 bits per heavy atom. The number of hydrogen-bond acceptors (Lipinski definition) is 4. The van der Waals surface area contributed by atoms with Gasteiger partial charge in [-0.15, -0.1) is 0 Å². The highest BCUT2D eigenvalue weighted by Gasteiger charge is 2.30. The standard InChI is InChI=1S/C21H21N3O3/c1-3-27-17-6-4-5-14(11-17)18-12-20(25)23-21-19(18)13-22-24(21)15-7-9-16(26-2)10-8-15/h4-11,13,18H,3,12H2,1-2H3,(H,23,25). The number of aromatic nitrogens is 2. The first-order valence-corrected chi connectivity index (χ1v) is 8.94. The molecule has 138 valence electrons. The lowest BCUT2D eigenvalue weighted by Crippen LogP contribution is -2.24. The van der Waals surface area contributed by atoms with Gasteiger partial charge in [0.15, 0.2) is 0 Å². The predicted molar refractivity (Wildman–Crippen MR) is 103 cm³/mol. The zero-order chi connectivity index (χ0) is 18.8. The van der Waals surface area contributed by atoms with E-state index in [0.717, 1.165) is 28.3 Å². The fraction of sp³-hybridized carbons (Fsp3) is 0.238. The second kappa shape index (κ2) is 7.15. The van der Waals surface area contributed by atoms with Gasteiger partial charge >= 0.3 is 0 Å². The number of methoxy groups -OCH3 is 1. The van der Waals surface area contributed by atoms with Crippen molar-refractivity contribution in [3.8, 4) is 17.2 Å². The normalized spacial score (nSPS) is 15.8. The minimum atomic E-state index is -0.0545. The number of amides is 1. The van der Waals surface area contributed by atoms with E-state index >= 15 is 0 Å². The molecular weight excluding hydrogens is 342 g/mol. The number of carbonyl (C=O) groups excluding carboxylic acids is 1. The molecule has 1 atom stereocenters. The Labute approximate surface area is 157 Å². The molecule has 3 aromatic rings. The van der Waals surface area contributed by atoms with Crippen LogP contribution >= 0.6 is 0 Å². The molecule has 6 nitrogen and oxygen atoms in total. The SMILES string of the molecule is CCOc1cccc(C2CC(=O)Nc3c2cnn3-c2ccc(OC)cc2)c1. The van der Waals surface area contributed by atoms with E-state index in [9.17, 15) is 4.79 Å². The summed E-state index contributed by atoms with van der Waals surface area (Å²) >= 11 is 0. The van der Waals surface area contributed by atoms with E-state index in [-0.39, 0.29) is 11.8 Å². The maximum absolute atomic E-state index is 12.4. The minimum absolute atomic E-state index is 0.0235. The monoisotopic (exact) mass is 363 g/mol. The topological polar surface area (TPSA) is 65.4 Å². The van der Waals surface area contributed by atoms with Crippen molar-refractivity contribution < 1.29 is 14.3 Å². The predicted octanol–water partition coefficient (Wildman–Crippen LogP) is 3.75. The molecule has 6 heteroatoms. The molecule has 1 unspecified atom stereocenters. The largest absolute Gasteiger partial charge is 0.497 e. The van der Waals surface area contributed by atoms with Crippen LogP contribution in [0.5, 0.6) is 11.5 Å². The zero-order valence-corrected chi connectivity index (χ0v) is 15.3. The van der Waals surface area contributed by atoms with Gasteiger partial charge in [0.2, 0.25) is 5.91 Å². The summed E-state index contributed by atoms with van der Waals surface area (Å²) in [6.07, 6.45) is 2.22. The van der Waals surface area contributed by atoms with Crippen LogP contribution in [0.1, 0.15) is 30.4 Å². The molecule has 0 aliphatic carbocycles. The van der Waals surface area contributed by atoms with Gasteiger partial charge < -0.3 is 14.8 Å². The highest BCUT2D eigenvalue weighted by atomic mass is 16.5. The Morgan fingerprint density at radius 3 is 2.74 bits per heavy atom. The number of nitrogens with zero attached hydrogens (tertiary/aromatic N) is 2. The summed E-state index contributed by atoms with van der Waals surface area (Å²) in [5, 5.41) is 7.50. The lowest BCUT2D eigenvalue weighted by atomic mass is 9.87. The van der Waals surface area contributed by atoms with Crippen LogP contribution in [0.3, 0.4) is 0 Å². The molecule has 1 aliphatic heterocycles. The third-order valence-electron chi connectivity index (χ3n) is 4.71. The van der Waals surface area contributed by atoms with Gasteiger partial charge in [-0.25, -0.2) is 4.68 Å². The average molecular weight is 363 g/mol. The van der Waals surface area contributed by atoms with E-state index < -0.39 is 0 Å². The van der Waals surface area contributed by atoms with Crippen molar-refractivity contribution in [2.24, 2.45) is 0 Å². The van der Waals surface area contributed by atoms with Crippen LogP contribution < -0.4 is 14.8 Å². The van der Waals surface area contributed by atoms with Crippen LogP contribution in [0.2, 0.25) is 0 Å². The van der Waals surface area contributed by atoms with Crippen molar-refractivity contribution in [3.63, 3.8) is 0 Å². The van der Waals surface area contributed by atoms with Crippen LogP contribution in [0.4, 0.5) is 5.82 Å². The molecule has 1 aliphatic rings. The molecule has 1 N–H and O–H groups in total. The Balaban J connectivity index is 1.74. The van der Waals surface area contributed by atoms with Gasteiger partial charge in [0.05, 0.1) is 25.6 Å². The maximum atomic E-state index is 12.4. The third kappa shape index (κ3) is 3.26. The number of benzene rings is 2. The highest BCUT2D eigenvalue weighted by molar-refractivity contribution is 5.94. The van der Waals surface area contributed by atoms with E-state index in [0.29, 0.717) is 18.8 Å². The summed E-state index contributed by atoms with van der Waals surface area (Å²) in [6.45, 7) is 2.56. The number of anilines is 1. The van der Waals surface area contributed by atoms with E-state index in [1.165, 1.54) is 0 Å². The average Bonchev–Trinajstić information content (AvgIpc) is 3.11. The first-order chi connectivity index (χ1) is 13.2. The number of rotatable bonds is 5. The minimum Gasteiger partial charge on any atom is -0.497 e. The van der Waals surface area contributed by atoms with Gasteiger partial charge in [0, 0.05) is 17.9 Å². The summed E-state index contributed by atoms with van der Waals surface area (Å²) in [5.74, 6) is 2.22. The maximum Gasteiger partial charge on any atom is 0.226 e. The van der Waals surface area contributed by atoms with E-state index in [1.807, 2.05) is 61.7 Å². The molecule has 0 spiro atoms. The molecule has 27 heavy (non-hydrogen) atoms. The van der Waals surface area contributed by atoms with Crippen molar-refractivity contribution in [1.82, 2.24) is 9.78 Å². The molecule has 1 aromatic heterocycles. The number of nitrogens with one attached hydrogen (secondary N) is 1. The molecule has 0 saturated carbocycles. The van der Waals surface area contributed by atoms with Crippen LogP contribution in [-0.2, 0) is 4.79 Å². The first-order valence-electron chi connectivity index (χ1n) is 8.94. The van der Waals surface area contributed by atoms with Crippen molar-refractivity contribution in [2.45, 2.75) is 19.3 Å². The summed E-state index contributed by atoms with van der Waals surface area (Å²) in [7, 11) is 1.63. The molecule has 2 heterocycles. The van der Waals surface area contributed by atoms with Gasteiger partial charge in [-0.05, 0) is 48.9 Å². The van der Waals surface area contributed by atoms with E-state index in [4.69, 9.17) is 9.47 Å². The van der Waals surface area contributed by atoms with Crippen LogP contribution in [-0.4, -0.2) is 29.4 Å². The highest BCUT2D eigenvalue weighted by Crippen LogP contribution is 2.39. The van der Waals surface area contributed by atoms with Gasteiger partial charge in [-0.3, -0.25) is 4.79 Å². The summed E-state index contributed by atoms with van der Waals surface area (Å²) in [6, 6.07) is 15.5. The van der Waals surface area contributed by atoms with Crippen molar-refractivity contribution in [2.75, 3.05) is 19.0 Å². The molecule has 0 bridgehead atoms. The first kappa shape index (κ1) is 17.1. The molecular formula is C21H21N3O3. The van der Waals surface area contributed by atoms with Crippen LogP contribution in [0, 0.1) is 0 Å². The lowest BCUT2D eigenvalue weighted by Gasteiger charge is -2.24. The second-order valence-corrected chi connectivity index (χ2v) is 6.37. The van der Waals surface area contributed by atoms with Gasteiger partial charge in [0.25, 0.3) is 0 Å². The molecule has 4 rings (SSSR count). The van der Waals surface area contributed by atoms with E-state index in [1.54, 1.807) is 11.8 Å². The second-order valence-electron chi connectivity index (χ2n) is 6.37. The van der Waals surface area contributed by atoms with Gasteiger partial charge in [-0.1, -0.05) is 12.1 Å². The quantitative estimate of drug-likeness (QED) is 0.750. The zero-order valence-electron chi connectivity index (χ0n) is 15.3. The van der Waals surface area contributed by atoms with Gasteiger partial charge in [-0.2, -0.15) is 5.10 Å². The third-order valence-corrected chi connectivity index (χ3v) is 4.71. The summed E-state index contributed by atoms with van der Waals surface area (Å²) < 4.78 is 12.6. The number of ether oxygens (including phenoxy) is 2. The fourth-order valence-corrected chi connectivity index (χ4v) is 3.42. The Hall–Kier alpha value is -3.28. The lowest BCUT2D eigenvalue weighted by molar-refractivity contribution is -0.116.